The molecule has 0 amide bonds. The minimum atomic E-state index is -0.958. The van der Waals surface area contributed by atoms with Gasteiger partial charge in [-0.15, -0.1) is 0 Å². The Morgan fingerprint density at radius 3 is 2.45 bits per heavy atom. The summed E-state index contributed by atoms with van der Waals surface area (Å²) in [5, 5.41) is 21.3. The lowest BCUT2D eigenvalue weighted by atomic mass is 10.1. The van der Waals surface area contributed by atoms with E-state index in [0.29, 0.717) is 16.8 Å². The van der Waals surface area contributed by atoms with Gasteiger partial charge in [-0.2, -0.15) is 5.26 Å². The maximum Gasteiger partial charge on any atom is 0.330 e. The molecule has 0 heterocycles. The molecular formula is C17H17N3O2. The number of anilines is 2. The number of hydrogen-bond acceptors (Lipinski definition) is 4. The number of benzene rings is 2. The molecule has 0 aromatic heterocycles. The highest BCUT2D eigenvalue weighted by atomic mass is 16.4. The van der Waals surface area contributed by atoms with E-state index in [0.717, 1.165) is 5.69 Å². The average Bonchev–Trinajstić information content (AvgIpc) is 2.53. The topological polar surface area (TPSA) is 76.4 Å². The van der Waals surface area contributed by atoms with Crippen molar-refractivity contribution in [3.05, 3.63) is 59.7 Å². The van der Waals surface area contributed by atoms with Crippen molar-refractivity contribution in [1.29, 1.82) is 5.26 Å². The van der Waals surface area contributed by atoms with Crippen molar-refractivity contribution >= 4 is 17.3 Å². The van der Waals surface area contributed by atoms with Gasteiger partial charge in [-0.3, -0.25) is 0 Å². The first-order chi connectivity index (χ1) is 10.5. The summed E-state index contributed by atoms with van der Waals surface area (Å²) in [4.78, 5) is 13.5. The number of nitrogens with one attached hydrogen (secondary N) is 1. The van der Waals surface area contributed by atoms with Crippen molar-refractivity contribution in [3.63, 3.8) is 0 Å². The van der Waals surface area contributed by atoms with Gasteiger partial charge in [0.1, 0.15) is 0 Å². The van der Waals surface area contributed by atoms with Crippen LogP contribution in [-0.4, -0.2) is 25.2 Å². The lowest BCUT2D eigenvalue weighted by molar-refractivity contribution is -0.138. The Bertz CT molecular complexity index is 703. The van der Waals surface area contributed by atoms with E-state index < -0.39 is 12.0 Å². The summed E-state index contributed by atoms with van der Waals surface area (Å²) in [6, 6.07) is 15.3. The van der Waals surface area contributed by atoms with Gasteiger partial charge in [0.15, 0.2) is 6.04 Å². The summed E-state index contributed by atoms with van der Waals surface area (Å²) in [5.41, 5.74) is 2.79. The smallest absolute Gasteiger partial charge is 0.330 e. The number of rotatable bonds is 5. The molecular weight excluding hydrogens is 278 g/mol. The van der Waals surface area contributed by atoms with Crippen LogP contribution in [-0.2, 0) is 4.79 Å². The van der Waals surface area contributed by atoms with Crippen molar-refractivity contribution in [1.82, 2.24) is 0 Å². The molecule has 0 saturated carbocycles. The van der Waals surface area contributed by atoms with Crippen molar-refractivity contribution < 1.29 is 9.90 Å². The van der Waals surface area contributed by atoms with Crippen molar-refractivity contribution in [2.24, 2.45) is 0 Å². The van der Waals surface area contributed by atoms with Gasteiger partial charge in [0.05, 0.1) is 11.6 Å². The van der Waals surface area contributed by atoms with E-state index in [1.165, 1.54) is 0 Å². The number of carboxylic acid groups (broad SMARTS) is 1. The minimum absolute atomic E-state index is 0.534. The third kappa shape index (κ3) is 3.55. The fraction of sp³-hybridized carbons (Fsp3) is 0.176. The number of nitrogens with zero attached hydrogens (tertiary/aromatic N) is 2. The zero-order valence-corrected chi connectivity index (χ0v) is 12.4. The van der Waals surface area contributed by atoms with Crippen LogP contribution in [0.5, 0.6) is 0 Å². The monoisotopic (exact) mass is 295 g/mol. The van der Waals surface area contributed by atoms with E-state index >= 15 is 0 Å². The molecule has 5 nitrogen and oxygen atoms in total. The normalized spacial score (nSPS) is 11.3. The summed E-state index contributed by atoms with van der Waals surface area (Å²) < 4.78 is 0. The Labute approximate surface area is 129 Å². The van der Waals surface area contributed by atoms with E-state index in [1.54, 1.807) is 30.3 Å². The van der Waals surface area contributed by atoms with Crippen LogP contribution in [0.25, 0.3) is 0 Å². The molecule has 2 aromatic rings. The molecule has 112 valence electrons. The number of nitriles is 1. The molecule has 0 radical (unpaired) electrons. The zero-order chi connectivity index (χ0) is 16.1. The van der Waals surface area contributed by atoms with Crippen molar-refractivity contribution in [3.8, 4) is 6.07 Å². The number of hydrogen-bond donors (Lipinski definition) is 2. The van der Waals surface area contributed by atoms with Gasteiger partial charge in [0.25, 0.3) is 0 Å². The van der Waals surface area contributed by atoms with E-state index in [-0.39, 0.29) is 0 Å². The second-order valence-corrected chi connectivity index (χ2v) is 5.09. The van der Waals surface area contributed by atoms with Gasteiger partial charge in [-0.25, -0.2) is 4.79 Å². The number of carbonyl (C=O) groups is 1. The van der Waals surface area contributed by atoms with Gasteiger partial charge in [-0.05, 0) is 42.0 Å². The van der Waals surface area contributed by atoms with Crippen LogP contribution < -0.4 is 10.2 Å². The lowest BCUT2D eigenvalue weighted by Gasteiger charge is -2.19. The predicted octanol–water partition coefficient (Wildman–Crippen LogP) is 2.86. The van der Waals surface area contributed by atoms with E-state index in [4.69, 9.17) is 5.26 Å². The Hall–Kier alpha value is -3.00. The maximum absolute atomic E-state index is 11.6. The lowest BCUT2D eigenvalue weighted by Crippen LogP contribution is -2.21. The summed E-state index contributed by atoms with van der Waals surface area (Å²) in [6.07, 6.45) is 0. The summed E-state index contributed by atoms with van der Waals surface area (Å²) >= 11 is 0. The Balaban J connectivity index is 2.28. The van der Waals surface area contributed by atoms with Gasteiger partial charge >= 0.3 is 5.97 Å². The number of aliphatic carboxylic acids is 1. The fourth-order valence-electron chi connectivity index (χ4n) is 2.08. The van der Waals surface area contributed by atoms with Crippen molar-refractivity contribution in [2.45, 2.75) is 6.04 Å². The summed E-state index contributed by atoms with van der Waals surface area (Å²) in [5.74, 6) is -0.958. The van der Waals surface area contributed by atoms with Gasteiger partial charge < -0.3 is 15.3 Å². The highest BCUT2D eigenvalue weighted by molar-refractivity contribution is 5.79. The standard InChI is InChI=1S/C17H17N3O2/c1-20(2)15-5-3-4-13(10-15)16(17(21)22)19-14-8-6-12(11-18)7-9-14/h3-10,16,19H,1-2H3,(H,21,22). The molecule has 0 spiro atoms. The minimum Gasteiger partial charge on any atom is -0.479 e. The Kier molecular flexibility index (Phi) is 4.64. The molecule has 0 bridgehead atoms. The first-order valence-electron chi connectivity index (χ1n) is 6.78. The van der Waals surface area contributed by atoms with Gasteiger partial charge in [-0.1, -0.05) is 12.1 Å². The fourth-order valence-corrected chi connectivity index (χ4v) is 2.08. The van der Waals surface area contributed by atoms with E-state index in [9.17, 15) is 9.90 Å². The summed E-state index contributed by atoms with van der Waals surface area (Å²) in [7, 11) is 3.81. The van der Waals surface area contributed by atoms with Crippen LogP contribution in [0, 0.1) is 11.3 Å². The van der Waals surface area contributed by atoms with Gasteiger partial charge in [0.2, 0.25) is 0 Å². The predicted molar refractivity (Wildman–Crippen MR) is 85.9 cm³/mol. The molecule has 1 unspecified atom stereocenters. The average molecular weight is 295 g/mol. The van der Waals surface area contributed by atoms with Crippen LogP contribution >= 0.6 is 0 Å². The third-order valence-corrected chi connectivity index (χ3v) is 3.29. The first kappa shape index (κ1) is 15.4. The molecule has 2 aromatic carbocycles. The number of carboxylic acids is 1. The van der Waals surface area contributed by atoms with Crippen LogP contribution in [0.4, 0.5) is 11.4 Å². The van der Waals surface area contributed by atoms with E-state index in [2.05, 4.69) is 5.32 Å². The first-order valence-corrected chi connectivity index (χ1v) is 6.78. The van der Waals surface area contributed by atoms with E-state index in [1.807, 2.05) is 43.3 Å². The molecule has 0 fully saturated rings. The SMILES string of the molecule is CN(C)c1cccc(C(Nc2ccc(C#N)cc2)C(=O)O)c1. The zero-order valence-electron chi connectivity index (χ0n) is 12.4. The quantitative estimate of drug-likeness (QED) is 0.887. The highest BCUT2D eigenvalue weighted by Crippen LogP contribution is 2.23. The second kappa shape index (κ2) is 6.64. The largest absolute Gasteiger partial charge is 0.479 e. The maximum atomic E-state index is 11.6. The second-order valence-electron chi connectivity index (χ2n) is 5.09. The molecule has 0 saturated heterocycles. The van der Waals surface area contributed by atoms with Crippen LogP contribution in [0.15, 0.2) is 48.5 Å². The highest BCUT2D eigenvalue weighted by Gasteiger charge is 2.20. The molecule has 5 heteroatoms. The third-order valence-electron chi connectivity index (χ3n) is 3.29. The Morgan fingerprint density at radius 2 is 1.91 bits per heavy atom. The molecule has 22 heavy (non-hydrogen) atoms. The molecule has 0 aliphatic carbocycles. The summed E-state index contributed by atoms with van der Waals surface area (Å²) in [6.45, 7) is 0. The van der Waals surface area contributed by atoms with Crippen LogP contribution in [0.3, 0.4) is 0 Å². The van der Waals surface area contributed by atoms with Crippen LogP contribution in [0.1, 0.15) is 17.2 Å². The van der Waals surface area contributed by atoms with Gasteiger partial charge in [0, 0.05) is 25.5 Å². The van der Waals surface area contributed by atoms with Crippen LogP contribution in [0.2, 0.25) is 0 Å². The molecule has 0 aliphatic heterocycles. The molecule has 2 N–H and O–H groups in total. The van der Waals surface area contributed by atoms with Crippen molar-refractivity contribution in [2.75, 3.05) is 24.3 Å². The molecule has 1 atom stereocenters. The Morgan fingerprint density at radius 1 is 1.23 bits per heavy atom. The molecule has 2 rings (SSSR count). The molecule has 0 aliphatic rings.